The Balaban J connectivity index is 2.40. The molecule has 0 aromatic carbocycles. The van der Waals surface area contributed by atoms with Crippen molar-refractivity contribution in [2.45, 2.75) is 26.3 Å². The van der Waals surface area contributed by atoms with E-state index in [2.05, 4.69) is 17.2 Å². The highest BCUT2D eigenvalue weighted by Crippen LogP contribution is 2.30. The van der Waals surface area contributed by atoms with Crippen LogP contribution in [-0.4, -0.2) is 18.6 Å². The molecule has 0 fully saturated rings. The average molecular weight is 260 g/mol. The SMILES string of the molecule is CCCNC(c1ccoc1C)c1ncccc1OC. The van der Waals surface area contributed by atoms with Gasteiger partial charge in [-0.25, -0.2) is 0 Å². The van der Waals surface area contributed by atoms with Gasteiger partial charge in [0.2, 0.25) is 0 Å². The van der Waals surface area contributed by atoms with E-state index >= 15 is 0 Å². The number of nitrogens with zero attached hydrogens (tertiary/aromatic N) is 1. The van der Waals surface area contributed by atoms with Crippen LogP contribution in [-0.2, 0) is 0 Å². The molecule has 2 aromatic rings. The van der Waals surface area contributed by atoms with Gasteiger partial charge >= 0.3 is 0 Å². The molecule has 0 saturated heterocycles. The van der Waals surface area contributed by atoms with Crippen molar-refractivity contribution in [1.29, 1.82) is 0 Å². The lowest BCUT2D eigenvalue weighted by atomic mass is 10.0. The fraction of sp³-hybridized carbons (Fsp3) is 0.400. The molecule has 1 unspecified atom stereocenters. The molecule has 2 rings (SSSR count). The van der Waals surface area contributed by atoms with Crippen molar-refractivity contribution in [3.8, 4) is 5.75 Å². The van der Waals surface area contributed by atoms with Gasteiger partial charge in [-0.2, -0.15) is 0 Å². The van der Waals surface area contributed by atoms with E-state index in [0.717, 1.165) is 35.7 Å². The van der Waals surface area contributed by atoms with E-state index in [1.165, 1.54) is 0 Å². The number of aryl methyl sites for hydroxylation is 1. The van der Waals surface area contributed by atoms with Gasteiger partial charge in [-0.3, -0.25) is 4.98 Å². The third-order valence-electron chi connectivity index (χ3n) is 3.10. The third kappa shape index (κ3) is 2.96. The normalized spacial score (nSPS) is 12.4. The van der Waals surface area contributed by atoms with Crippen molar-refractivity contribution in [2.75, 3.05) is 13.7 Å². The van der Waals surface area contributed by atoms with E-state index in [4.69, 9.17) is 9.15 Å². The van der Waals surface area contributed by atoms with Crippen LogP contribution >= 0.6 is 0 Å². The van der Waals surface area contributed by atoms with Crippen molar-refractivity contribution in [2.24, 2.45) is 0 Å². The van der Waals surface area contributed by atoms with Crippen LogP contribution in [0.2, 0.25) is 0 Å². The number of furan rings is 1. The van der Waals surface area contributed by atoms with E-state index in [1.807, 2.05) is 25.1 Å². The predicted octanol–water partition coefficient (Wildman–Crippen LogP) is 3.08. The summed E-state index contributed by atoms with van der Waals surface area (Å²) in [6, 6.07) is 5.78. The Morgan fingerprint density at radius 3 is 2.89 bits per heavy atom. The Labute approximate surface area is 113 Å². The highest BCUT2D eigenvalue weighted by molar-refractivity contribution is 5.37. The van der Waals surface area contributed by atoms with Gasteiger partial charge in [0, 0.05) is 11.8 Å². The first-order chi connectivity index (χ1) is 9.27. The lowest BCUT2D eigenvalue weighted by Gasteiger charge is -2.19. The summed E-state index contributed by atoms with van der Waals surface area (Å²) in [7, 11) is 1.67. The van der Waals surface area contributed by atoms with Crippen molar-refractivity contribution in [3.63, 3.8) is 0 Å². The molecule has 19 heavy (non-hydrogen) atoms. The zero-order valence-electron chi connectivity index (χ0n) is 11.6. The van der Waals surface area contributed by atoms with Crippen molar-refractivity contribution >= 4 is 0 Å². The van der Waals surface area contributed by atoms with E-state index in [0.29, 0.717) is 0 Å². The van der Waals surface area contributed by atoms with Gasteiger partial charge in [0.05, 0.1) is 19.4 Å². The van der Waals surface area contributed by atoms with Gasteiger partial charge in [-0.15, -0.1) is 0 Å². The zero-order chi connectivity index (χ0) is 13.7. The second-order valence-electron chi connectivity index (χ2n) is 4.41. The smallest absolute Gasteiger partial charge is 0.142 e. The Kier molecular flexibility index (Phi) is 4.58. The maximum atomic E-state index is 5.41. The van der Waals surface area contributed by atoms with Crippen molar-refractivity contribution in [3.05, 3.63) is 47.7 Å². The maximum absolute atomic E-state index is 5.41. The van der Waals surface area contributed by atoms with Crippen LogP contribution in [0.1, 0.15) is 36.4 Å². The van der Waals surface area contributed by atoms with Gasteiger partial charge in [-0.1, -0.05) is 6.92 Å². The quantitative estimate of drug-likeness (QED) is 0.867. The number of aromatic nitrogens is 1. The van der Waals surface area contributed by atoms with Gasteiger partial charge < -0.3 is 14.5 Å². The highest BCUT2D eigenvalue weighted by Gasteiger charge is 2.21. The van der Waals surface area contributed by atoms with Gasteiger partial charge in [0.15, 0.2) is 0 Å². The Morgan fingerprint density at radius 2 is 2.26 bits per heavy atom. The fourth-order valence-electron chi connectivity index (χ4n) is 2.13. The molecule has 4 nitrogen and oxygen atoms in total. The van der Waals surface area contributed by atoms with Gasteiger partial charge in [-0.05, 0) is 38.1 Å². The van der Waals surface area contributed by atoms with Crippen LogP contribution in [0, 0.1) is 6.92 Å². The molecular formula is C15H20N2O2. The monoisotopic (exact) mass is 260 g/mol. The fourth-order valence-corrected chi connectivity index (χ4v) is 2.13. The molecule has 2 heterocycles. The second-order valence-corrected chi connectivity index (χ2v) is 4.41. The molecule has 102 valence electrons. The minimum absolute atomic E-state index is 0.00477. The summed E-state index contributed by atoms with van der Waals surface area (Å²) in [5.74, 6) is 1.69. The number of methoxy groups -OCH3 is 1. The minimum Gasteiger partial charge on any atom is -0.495 e. The molecule has 4 heteroatoms. The molecule has 0 amide bonds. The maximum Gasteiger partial charge on any atom is 0.142 e. The lowest BCUT2D eigenvalue weighted by Crippen LogP contribution is -2.24. The largest absolute Gasteiger partial charge is 0.495 e. The van der Waals surface area contributed by atoms with E-state index in [9.17, 15) is 0 Å². The van der Waals surface area contributed by atoms with Crippen LogP contribution in [0.3, 0.4) is 0 Å². The molecule has 1 atom stereocenters. The second kappa shape index (κ2) is 6.38. The van der Waals surface area contributed by atoms with Crippen LogP contribution in [0.25, 0.3) is 0 Å². The molecular weight excluding hydrogens is 240 g/mol. The lowest BCUT2D eigenvalue weighted by molar-refractivity contribution is 0.399. The predicted molar refractivity (Wildman–Crippen MR) is 74.4 cm³/mol. The Hall–Kier alpha value is -1.81. The number of pyridine rings is 1. The van der Waals surface area contributed by atoms with Crippen molar-refractivity contribution < 1.29 is 9.15 Å². The number of rotatable bonds is 6. The number of nitrogens with one attached hydrogen (secondary N) is 1. The van der Waals surface area contributed by atoms with Crippen molar-refractivity contribution in [1.82, 2.24) is 10.3 Å². The molecule has 0 bridgehead atoms. The van der Waals surface area contributed by atoms with Crippen LogP contribution < -0.4 is 10.1 Å². The van der Waals surface area contributed by atoms with Gasteiger partial charge in [0.25, 0.3) is 0 Å². The molecule has 0 aliphatic carbocycles. The number of hydrogen-bond acceptors (Lipinski definition) is 4. The summed E-state index contributed by atoms with van der Waals surface area (Å²) >= 11 is 0. The van der Waals surface area contributed by atoms with Gasteiger partial charge in [0.1, 0.15) is 17.2 Å². The summed E-state index contributed by atoms with van der Waals surface area (Å²) < 4.78 is 10.8. The Morgan fingerprint density at radius 1 is 1.42 bits per heavy atom. The van der Waals surface area contributed by atoms with Crippen LogP contribution in [0.4, 0.5) is 0 Å². The first-order valence-electron chi connectivity index (χ1n) is 6.54. The number of hydrogen-bond donors (Lipinski definition) is 1. The standard InChI is InChI=1S/C15H20N2O2/c1-4-8-16-14(12-7-10-19-11(12)2)15-13(18-3)6-5-9-17-15/h5-7,9-10,14,16H,4,8H2,1-3H3. The molecule has 0 saturated carbocycles. The highest BCUT2D eigenvalue weighted by atomic mass is 16.5. The summed E-state index contributed by atoms with van der Waals surface area (Å²) in [4.78, 5) is 4.47. The topological polar surface area (TPSA) is 47.3 Å². The zero-order valence-corrected chi connectivity index (χ0v) is 11.6. The molecule has 1 N–H and O–H groups in total. The molecule has 2 aromatic heterocycles. The average Bonchev–Trinajstić information content (AvgIpc) is 2.86. The third-order valence-corrected chi connectivity index (χ3v) is 3.10. The first kappa shape index (κ1) is 13.6. The first-order valence-corrected chi connectivity index (χ1v) is 6.54. The van der Waals surface area contributed by atoms with Crippen LogP contribution in [0.15, 0.2) is 35.1 Å². The Bertz CT molecular complexity index is 522. The van der Waals surface area contributed by atoms with E-state index in [-0.39, 0.29) is 6.04 Å². The summed E-state index contributed by atoms with van der Waals surface area (Å²) in [5.41, 5.74) is 1.99. The van der Waals surface area contributed by atoms with E-state index < -0.39 is 0 Å². The molecule has 0 aliphatic rings. The summed E-state index contributed by atoms with van der Waals surface area (Å²) in [6.07, 6.45) is 4.55. The number of ether oxygens (including phenoxy) is 1. The van der Waals surface area contributed by atoms with Crippen LogP contribution in [0.5, 0.6) is 5.75 Å². The molecule has 0 radical (unpaired) electrons. The molecule has 0 spiro atoms. The molecule has 0 aliphatic heterocycles. The van der Waals surface area contributed by atoms with E-state index in [1.54, 1.807) is 19.6 Å². The summed E-state index contributed by atoms with van der Waals surface area (Å²) in [6.45, 7) is 5.02. The summed E-state index contributed by atoms with van der Waals surface area (Å²) in [5, 5.41) is 3.50. The minimum atomic E-state index is -0.00477.